The van der Waals surface area contributed by atoms with Crippen LogP contribution in [0.1, 0.15) is 36.2 Å². The molecule has 1 fully saturated rings. The quantitative estimate of drug-likeness (QED) is 0.312. The fourth-order valence-electron chi connectivity index (χ4n) is 4.92. The molecular formula is C28H33ClN4O3S. The molecule has 1 aliphatic rings. The van der Waals surface area contributed by atoms with Crippen molar-refractivity contribution in [1.82, 2.24) is 19.4 Å². The number of hydrogen-bond donors (Lipinski definition) is 1. The van der Waals surface area contributed by atoms with Gasteiger partial charge in [-0.05, 0) is 48.9 Å². The Bertz CT molecular complexity index is 1330. The highest BCUT2D eigenvalue weighted by Crippen LogP contribution is 2.25. The van der Waals surface area contributed by atoms with Crippen molar-refractivity contribution in [2.24, 2.45) is 0 Å². The monoisotopic (exact) mass is 540 g/mol. The van der Waals surface area contributed by atoms with Crippen LogP contribution < -0.4 is 5.69 Å². The van der Waals surface area contributed by atoms with E-state index in [2.05, 4.69) is 58.6 Å². The Hall–Kier alpha value is -3.07. The van der Waals surface area contributed by atoms with Gasteiger partial charge < -0.3 is 14.6 Å². The number of halogens is 1. The second kappa shape index (κ2) is 12.4. The standard InChI is InChI=1S/C28H32N4O3S.ClH/c1-21(31(19-24-10-7-17-36-24)18-22-8-3-2-4-9-22)20-35-28(34)30-15-13-23(14-16-30)32-26-12-6-5-11-25(26)29-27(32)33;/h2-12,17,21,23H,13-16,18-20H2,1H3,(H,29,33);1H. The van der Waals surface area contributed by atoms with E-state index in [9.17, 15) is 9.59 Å². The van der Waals surface area contributed by atoms with Crippen molar-refractivity contribution in [3.8, 4) is 0 Å². The van der Waals surface area contributed by atoms with Crippen LogP contribution in [0, 0.1) is 0 Å². The number of imidazole rings is 1. The Morgan fingerprint density at radius 2 is 1.78 bits per heavy atom. The average molecular weight is 541 g/mol. The fraction of sp³-hybridized carbons (Fsp3) is 0.357. The summed E-state index contributed by atoms with van der Waals surface area (Å²) in [7, 11) is 0. The van der Waals surface area contributed by atoms with Gasteiger partial charge in [0.15, 0.2) is 0 Å². The Morgan fingerprint density at radius 1 is 1.05 bits per heavy atom. The van der Waals surface area contributed by atoms with E-state index in [4.69, 9.17) is 4.74 Å². The molecule has 5 rings (SSSR count). The maximum atomic E-state index is 12.9. The number of nitrogens with zero attached hydrogens (tertiary/aromatic N) is 3. The number of thiophene rings is 1. The van der Waals surface area contributed by atoms with Gasteiger partial charge in [-0.1, -0.05) is 48.5 Å². The first-order valence-corrected chi connectivity index (χ1v) is 13.4. The molecule has 0 radical (unpaired) electrons. The summed E-state index contributed by atoms with van der Waals surface area (Å²) in [5, 5.41) is 2.09. The van der Waals surface area contributed by atoms with Gasteiger partial charge in [0.05, 0.1) is 11.0 Å². The first-order valence-electron chi connectivity index (χ1n) is 12.5. The number of aromatic amines is 1. The molecule has 1 aliphatic heterocycles. The molecule has 2 aromatic heterocycles. The van der Waals surface area contributed by atoms with Gasteiger partial charge in [0, 0.05) is 43.1 Å². The molecule has 0 aliphatic carbocycles. The maximum Gasteiger partial charge on any atom is 0.409 e. The smallest absolute Gasteiger partial charge is 0.409 e. The molecule has 4 aromatic rings. The lowest BCUT2D eigenvalue weighted by Gasteiger charge is -2.33. The summed E-state index contributed by atoms with van der Waals surface area (Å²) in [6.45, 7) is 5.20. The summed E-state index contributed by atoms with van der Waals surface area (Å²) in [6, 6.07) is 22.5. The van der Waals surface area contributed by atoms with Crippen molar-refractivity contribution in [2.45, 2.75) is 44.9 Å². The maximum absolute atomic E-state index is 12.9. The molecule has 0 saturated carbocycles. The zero-order valence-electron chi connectivity index (χ0n) is 20.9. The molecule has 3 heterocycles. The number of ether oxygens (including phenoxy) is 1. The second-order valence-electron chi connectivity index (χ2n) is 9.43. The van der Waals surface area contributed by atoms with E-state index >= 15 is 0 Å². The Balaban J connectivity index is 0.00000320. The predicted octanol–water partition coefficient (Wildman–Crippen LogP) is 5.68. The van der Waals surface area contributed by atoms with E-state index in [0.29, 0.717) is 19.7 Å². The number of benzene rings is 2. The van der Waals surface area contributed by atoms with Crippen molar-refractivity contribution in [3.05, 3.63) is 93.0 Å². The highest BCUT2D eigenvalue weighted by atomic mass is 35.5. The molecule has 9 heteroatoms. The minimum Gasteiger partial charge on any atom is -0.448 e. The summed E-state index contributed by atoms with van der Waals surface area (Å²) in [6.07, 6.45) is 1.18. The highest BCUT2D eigenvalue weighted by Gasteiger charge is 2.27. The summed E-state index contributed by atoms with van der Waals surface area (Å²) in [5.41, 5.74) is 2.92. The number of likely N-dealkylation sites (tertiary alicyclic amines) is 1. The summed E-state index contributed by atoms with van der Waals surface area (Å²) in [5.74, 6) is 0. The first-order chi connectivity index (χ1) is 17.6. The number of fused-ring (bicyclic) bond motifs is 1. The molecule has 1 amide bonds. The summed E-state index contributed by atoms with van der Waals surface area (Å²) in [4.78, 5) is 33.8. The van der Waals surface area contributed by atoms with E-state index in [1.54, 1.807) is 16.2 Å². The fourth-order valence-corrected chi connectivity index (χ4v) is 5.65. The highest BCUT2D eigenvalue weighted by molar-refractivity contribution is 7.09. The summed E-state index contributed by atoms with van der Waals surface area (Å²) < 4.78 is 7.61. The molecule has 196 valence electrons. The zero-order valence-corrected chi connectivity index (χ0v) is 22.5. The van der Waals surface area contributed by atoms with Crippen LogP contribution in [-0.4, -0.2) is 51.2 Å². The third-order valence-electron chi connectivity index (χ3n) is 6.95. The van der Waals surface area contributed by atoms with Crippen LogP contribution in [0.15, 0.2) is 76.9 Å². The number of rotatable bonds is 8. The van der Waals surface area contributed by atoms with E-state index in [-0.39, 0.29) is 36.3 Å². The van der Waals surface area contributed by atoms with Crippen LogP contribution in [0.5, 0.6) is 0 Å². The lowest BCUT2D eigenvalue weighted by Crippen LogP contribution is -2.42. The van der Waals surface area contributed by atoms with E-state index in [1.165, 1.54) is 10.4 Å². The topological polar surface area (TPSA) is 70.6 Å². The minimum absolute atomic E-state index is 0. The van der Waals surface area contributed by atoms with Crippen molar-refractivity contribution in [3.63, 3.8) is 0 Å². The number of piperidine rings is 1. The van der Waals surface area contributed by atoms with E-state index in [0.717, 1.165) is 37.0 Å². The van der Waals surface area contributed by atoms with Gasteiger partial charge in [-0.3, -0.25) is 9.47 Å². The van der Waals surface area contributed by atoms with Crippen LogP contribution in [0.4, 0.5) is 4.79 Å². The number of nitrogens with one attached hydrogen (secondary N) is 1. The number of carbonyl (C=O) groups is 1. The number of hydrogen-bond acceptors (Lipinski definition) is 5. The van der Waals surface area contributed by atoms with Crippen molar-refractivity contribution in [1.29, 1.82) is 0 Å². The molecular weight excluding hydrogens is 508 g/mol. The van der Waals surface area contributed by atoms with Gasteiger partial charge >= 0.3 is 11.8 Å². The van der Waals surface area contributed by atoms with Crippen molar-refractivity contribution >= 4 is 40.9 Å². The molecule has 1 saturated heterocycles. The van der Waals surface area contributed by atoms with Crippen LogP contribution in [0.25, 0.3) is 11.0 Å². The van der Waals surface area contributed by atoms with Gasteiger partial charge in [-0.25, -0.2) is 9.59 Å². The van der Waals surface area contributed by atoms with Gasteiger partial charge in [0.25, 0.3) is 0 Å². The normalized spacial score (nSPS) is 15.0. The van der Waals surface area contributed by atoms with Crippen LogP contribution in [0.3, 0.4) is 0 Å². The van der Waals surface area contributed by atoms with E-state index in [1.807, 2.05) is 34.9 Å². The number of amides is 1. The SMILES string of the molecule is CC(COC(=O)N1CCC(n2c(=O)[nH]c3ccccc32)CC1)N(Cc1ccccc1)Cc1cccs1.Cl. The molecule has 0 bridgehead atoms. The van der Waals surface area contributed by atoms with Crippen molar-refractivity contribution in [2.75, 3.05) is 19.7 Å². The van der Waals surface area contributed by atoms with E-state index < -0.39 is 0 Å². The Labute approximate surface area is 227 Å². The molecule has 1 N–H and O–H groups in total. The summed E-state index contributed by atoms with van der Waals surface area (Å²) >= 11 is 1.74. The third-order valence-corrected chi connectivity index (χ3v) is 7.81. The van der Waals surface area contributed by atoms with Crippen LogP contribution in [0.2, 0.25) is 0 Å². The van der Waals surface area contributed by atoms with Gasteiger partial charge in [-0.2, -0.15) is 0 Å². The number of carbonyl (C=O) groups excluding carboxylic acids is 1. The molecule has 7 nitrogen and oxygen atoms in total. The van der Waals surface area contributed by atoms with Crippen molar-refractivity contribution < 1.29 is 9.53 Å². The second-order valence-corrected chi connectivity index (χ2v) is 10.5. The largest absolute Gasteiger partial charge is 0.448 e. The molecule has 1 atom stereocenters. The molecule has 0 spiro atoms. The van der Waals surface area contributed by atoms with Gasteiger partial charge in [0.1, 0.15) is 6.61 Å². The molecule has 2 aromatic carbocycles. The Morgan fingerprint density at radius 3 is 2.51 bits per heavy atom. The van der Waals surface area contributed by atoms with Crippen LogP contribution >= 0.6 is 23.7 Å². The lowest BCUT2D eigenvalue weighted by molar-refractivity contribution is 0.0570. The van der Waals surface area contributed by atoms with Crippen LogP contribution in [-0.2, 0) is 17.8 Å². The van der Waals surface area contributed by atoms with Gasteiger partial charge in [0.2, 0.25) is 0 Å². The zero-order chi connectivity index (χ0) is 24.9. The minimum atomic E-state index is -0.276. The lowest BCUT2D eigenvalue weighted by atomic mass is 10.0. The Kier molecular flexibility index (Phi) is 9.08. The number of aromatic nitrogens is 2. The number of H-pyrrole nitrogens is 1. The molecule has 37 heavy (non-hydrogen) atoms. The van der Waals surface area contributed by atoms with Gasteiger partial charge in [-0.15, -0.1) is 23.7 Å². The predicted molar refractivity (Wildman–Crippen MR) is 150 cm³/mol. The molecule has 1 unspecified atom stereocenters. The number of para-hydroxylation sites is 2. The first kappa shape index (κ1) is 27.0. The average Bonchev–Trinajstić information content (AvgIpc) is 3.54. The third kappa shape index (κ3) is 6.44.